The van der Waals surface area contributed by atoms with Crippen LogP contribution in [0.2, 0.25) is 0 Å². The number of phenols is 1. The van der Waals surface area contributed by atoms with Crippen molar-refractivity contribution in [2.24, 2.45) is 11.8 Å². The van der Waals surface area contributed by atoms with Gasteiger partial charge < -0.3 is 20.2 Å². The van der Waals surface area contributed by atoms with Crippen LogP contribution in [-0.2, 0) is 4.79 Å². The second-order valence-electron chi connectivity index (χ2n) is 7.48. The zero-order chi connectivity index (χ0) is 18.5. The van der Waals surface area contributed by atoms with Gasteiger partial charge in [0, 0.05) is 32.6 Å². The summed E-state index contributed by atoms with van der Waals surface area (Å²) in [5.74, 6) is 0.994. The molecule has 0 aliphatic carbocycles. The van der Waals surface area contributed by atoms with Crippen LogP contribution < -0.4 is 5.32 Å². The Hall–Kier alpha value is -2.08. The molecule has 6 nitrogen and oxygen atoms in total. The number of carbonyl (C=O) groups is 2. The van der Waals surface area contributed by atoms with Gasteiger partial charge in [-0.15, -0.1) is 0 Å². The van der Waals surface area contributed by atoms with Gasteiger partial charge in [0.2, 0.25) is 5.91 Å². The Labute approximate surface area is 155 Å². The number of hydrogen-bond donors (Lipinski definition) is 2. The molecule has 2 amide bonds. The predicted molar refractivity (Wildman–Crippen MR) is 100.0 cm³/mol. The van der Waals surface area contributed by atoms with Gasteiger partial charge in [-0.3, -0.25) is 9.59 Å². The Balaban J connectivity index is 1.49. The maximum absolute atomic E-state index is 12.6. The van der Waals surface area contributed by atoms with Crippen molar-refractivity contribution in [1.82, 2.24) is 15.1 Å². The number of piperazine rings is 1. The topological polar surface area (TPSA) is 72.9 Å². The van der Waals surface area contributed by atoms with Gasteiger partial charge in [-0.2, -0.15) is 0 Å². The fourth-order valence-electron chi connectivity index (χ4n) is 3.92. The summed E-state index contributed by atoms with van der Waals surface area (Å²) in [7, 11) is 0. The SMILES string of the molecule is CC(CC(=O)N1CCN(C(=O)c2ccccc2O)CC1)C1CCCNC1. The summed E-state index contributed by atoms with van der Waals surface area (Å²) in [6, 6.07) is 6.60. The van der Waals surface area contributed by atoms with Crippen LogP contribution >= 0.6 is 0 Å². The van der Waals surface area contributed by atoms with Gasteiger partial charge >= 0.3 is 0 Å². The molecule has 0 bridgehead atoms. The zero-order valence-electron chi connectivity index (χ0n) is 15.5. The lowest BCUT2D eigenvalue weighted by atomic mass is 9.85. The van der Waals surface area contributed by atoms with Gasteiger partial charge in [-0.25, -0.2) is 0 Å². The number of benzene rings is 1. The highest BCUT2D eigenvalue weighted by atomic mass is 16.3. The van der Waals surface area contributed by atoms with Crippen LogP contribution in [0.15, 0.2) is 24.3 Å². The van der Waals surface area contributed by atoms with E-state index in [9.17, 15) is 14.7 Å². The van der Waals surface area contributed by atoms with Crippen LogP contribution in [0, 0.1) is 11.8 Å². The molecule has 2 aliphatic rings. The number of phenolic OH excluding ortho intramolecular Hbond substituents is 1. The van der Waals surface area contributed by atoms with E-state index in [-0.39, 0.29) is 17.6 Å². The maximum atomic E-state index is 12.6. The molecule has 6 heteroatoms. The van der Waals surface area contributed by atoms with E-state index in [0.717, 1.165) is 13.1 Å². The average molecular weight is 359 g/mol. The van der Waals surface area contributed by atoms with Crippen molar-refractivity contribution in [2.45, 2.75) is 26.2 Å². The summed E-state index contributed by atoms with van der Waals surface area (Å²) in [5, 5.41) is 13.3. The van der Waals surface area contributed by atoms with Crippen molar-refractivity contribution in [2.75, 3.05) is 39.3 Å². The molecule has 2 heterocycles. The first kappa shape index (κ1) is 18.7. The molecular formula is C20H29N3O3. The van der Waals surface area contributed by atoms with Crippen molar-refractivity contribution in [1.29, 1.82) is 0 Å². The van der Waals surface area contributed by atoms with Crippen molar-refractivity contribution >= 4 is 11.8 Å². The minimum atomic E-state index is -0.170. The predicted octanol–water partition coefficient (Wildman–Crippen LogP) is 1.70. The summed E-state index contributed by atoms with van der Waals surface area (Å²) < 4.78 is 0. The van der Waals surface area contributed by atoms with Crippen LogP contribution in [0.1, 0.15) is 36.5 Å². The average Bonchev–Trinajstić information content (AvgIpc) is 2.68. The van der Waals surface area contributed by atoms with Crippen LogP contribution in [-0.4, -0.2) is 66.0 Å². The van der Waals surface area contributed by atoms with E-state index in [1.807, 2.05) is 4.90 Å². The molecule has 2 atom stereocenters. The lowest BCUT2D eigenvalue weighted by Crippen LogP contribution is -2.51. The molecule has 2 N–H and O–H groups in total. The van der Waals surface area contributed by atoms with E-state index in [1.165, 1.54) is 18.9 Å². The first-order valence-electron chi connectivity index (χ1n) is 9.62. The number of amides is 2. The number of carbonyl (C=O) groups excluding carboxylic acids is 2. The Morgan fingerprint density at radius 1 is 1.19 bits per heavy atom. The maximum Gasteiger partial charge on any atom is 0.257 e. The highest BCUT2D eigenvalue weighted by molar-refractivity contribution is 5.97. The number of hydrogen-bond acceptors (Lipinski definition) is 4. The Morgan fingerprint density at radius 3 is 2.54 bits per heavy atom. The normalized spacial score (nSPS) is 22.1. The van der Waals surface area contributed by atoms with E-state index >= 15 is 0 Å². The fourth-order valence-corrected chi connectivity index (χ4v) is 3.92. The van der Waals surface area contributed by atoms with Crippen molar-refractivity contribution in [3.05, 3.63) is 29.8 Å². The molecule has 142 valence electrons. The first-order chi connectivity index (χ1) is 12.6. The Morgan fingerprint density at radius 2 is 1.88 bits per heavy atom. The minimum absolute atomic E-state index is 0.00548. The molecule has 2 aliphatic heterocycles. The summed E-state index contributed by atoms with van der Waals surface area (Å²) in [6.45, 7) is 6.42. The van der Waals surface area contributed by atoms with Crippen molar-refractivity contribution in [3.8, 4) is 5.75 Å². The summed E-state index contributed by atoms with van der Waals surface area (Å²) in [5.41, 5.74) is 0.325. The van der Waals surface area contributed by atoms with Gasteiger partial charge in [0.1, 0.15) is 5.75 Å². The number of aromatic hydroxyl groups is 1. The number of piperidine rings is 1. The van der Waals surface area contributed by atoms with Crippen molar-refractivity contribution < 1.29 is 14.7 Å². The highest BCUT2D eigenvalue weighted by Gasteiger charge is 2.28. The molecule has 0 saturated carbocycles. The van der Waals surface area contributed by atoms with E-state index in [0.29, 0.717) is 50.0 Å². The van der Waals surface area contributed by atoms with E-state index < -0.39 is 0 Å². The smallest absolute Gasteiger partial charge is 0.257 e. The number of para-hydroxylation sites is 1. The quantitative estimate of drug-likeness (QED) is 0.858. The third kappa shape index (κ3) is 4.36. The van der Waals surface area contributed by atoms with Crippen LogP contribution in [0.25, 0.3) is 0 Å². The molecule has 1 aromatic carbocycles. The molecule has 2 unspecified atom stereocenters. The Kier molecular flexibility index (Phi) is 6.14. The van der Waals surface area contributed by atoms with Crippen LogP contribution in [0.3, 0.4) is 0 Å². The van der Waals surface area contributed by atoms with Gasteiger partial charge in [0.25, 0.3) is 5.91 Å². The fraction of sp³-hybridized carbons (Fsp3) is 0.600. The number of nitrogens with zero attached hydrogens (tertiary/aromatic N) is 2. The molecule has 2 fully saturated rings. The molecule has 0 spiro atoms. The van der Waals surface area contributed by atoms with Gasteiger partial charge in [0.05, 0.1) is 5.56 Å². The van der Waals surface area contributed by atoms with Gasteiger partial charge in [0.15, 0.2) is 0 Å². The molecule has 2 saturated heterocycles. The first-order valence-corrected chi connectivity index (χ1v) is 9.62. The van der Waals surface area contributed by atoms with Crippen LogP contribution in [0.4, 0.5) is 0 Å². The molecule has 1 aromatic rings. The molecule has 26 heavy (non-hydrogen) atoms. The Bertz CT molecular complexity index is 635. The van der Waals surface area contributed by atoms with E-state index in [2.05, 4.69) is 12.2 Å². The largest absolute Gasteiger partial charge is 0.507 e. The highest BCUT2D eigenvalue weighted by Crippen LogP contribution is 2.24. The van der Waals surface area contributed by atoms with Crippen molar-refractivity contribution in [3.63, 3.8) is 0 Å². The molecule has 0 aromatic heterocycles. The molecular weight excluding hydrogens is 330 g/mol. The third-order valence-corrected chi connectivity index (χ3v) is 5.69. The number of nitrogens with one attached hydrogen (secondary N) is 1. The second kappa shape index (κ2) is 8.54. The van der Waals surface area contributed by atoms with Gasteiger partial charge in [-0.05, 0) is 49.9 Å². The summed E-state index contributed by atoms with van der Waals surface area (Å²) in [4.78, 5) is 28.7. The van der Waals surface area contributed by atoms with E-state index in [4.69, 9.17) is 0 Å². The lowest BCUT2D eigenvalue weighted by molar-refractivity contribution is -0.134. The van der Waals surface area contributed by atoms with Crippen LogP contribution in [0.5, 0.6) is 5.75 Å². The number of rotatable bonds is 4. The molecule has 3 rings (SSSR count). The summed E-state index contributed by atoms with van der Waals surface area (Å²) in [6.07, 6.45) is 2.97. The third-order valence-electron chi connectivity index (χ3n) is 5.69. The minimum Gasteiger partial charge on any atom is -0.507 e. The molecule has 0 radical (unpaired) electrons. The summed E-state index contributed by atoms with van der Waals surface area (Å²) >= 11 is 0. The lowest BCUT2D eigenvalue weighted by Gasteiger charge is -2.36. The standard InChI is InChI=1S/C20H29N3O3/c1-15(16-5-4-8-21-14-16)13-19(25)22-9-11-23(12-10-22)20(26)17-6-2-3-7-18(17)24/h2-3,6-7,15-16,21,24H,4-5,8-14H2,1H3. The van der Waals surface area contributed by atoms with Gasteiger partial charge in [-0.1, -0.05) is 19.1 Å². The second-order valence-corrected chi connectivity index (χ2v) is 7.48. The van der Waals surface area contributed by atoms with E-state index in [1.54, 1.807) is 23.1 Å². The monoisotopic (exact) mass is 359 g/mol. The zero-order valence-corrected chi connectivity index (χ0v) is 15.5.